The Morgan fingerprint density at radius 2 is 1.67 bits per heavy atom. The Labute approximate surface area is 142 Å². The number of amides is 3. The fourth-order valence-corrected chi connectivity index (χ4v) is 3.71. The third kappa shape index (κ3) is 3.35. The molecule has 1 heterocycles. The number of nitrogens with zero attached hydrogens (tertiary/aromatic N) is 1. The van der Waals surface area contributed by atoms with Gasteiger partial charge < -0.3 is 5.32 Å². The molecule has 1 N–H and O–H groups in total. The topological polar surface area (TPSA) is 66.5 Å². The molecule has 5 nitrogen and oxygen atoms in total. The van der Waals surface area contributed by atoms with Crippen LogP contribution in [0.1, 0.15) is 44.6 Å². The van der Waals surface area contributed by atoms with Crippen molar-refractivity contribution in [3.8, 4) is 0 Å². The summed E-state index contributed by atoms with van der Waals surface area (Å²) in [4.78, 5) is 38.1. The third-order valence-electron chi connectivity index (χ3n) is 5.14. The molecular formula is C19H24N2O3. The Bertz CT molecular complexity index is 615. The molecule has 2 fully saturated rings. The number of likely N-dealkylation sites (tertiary alicyclic amines) is 1. The number of benzene rings is 1. The number of carbonyl (C=O) groups excluding carboxylic acids is 3. The first-order valence-electron chi connectivity index (χ1n) is 8.84. The van der Waals surface area contributed by atoms with Gasteiger partial charge >= 0.3 is 0 Å². The van der Waals surface area contributed by atoms with Gasteiger partial charge in [-0.05, 0) is 37.0 Å². The van der Waals surface area contributed by atoms with Crippen LogP contribution in [-0.4, -0.2) is 29.2 Å². The molecule has 0 bridgehead atoms. The second-order valence-electron chi connectivity index (χ2n) is 6.67. The van der Waals surface area contributed by atoms with Gasteiger partial charge in [-0.2, -0.15) is 0 Å². The lowest BCUT2D eigenvalue weighted by Crippen LogP contribution is -2.34. The first kappa shape index (κ1) is 16.7. The van der Waals surface area contributed by atoms with Crippen molar-refractivity contribution in [2.24, 2.45) is 11.8 Å². The molecule has 1 saturated carbocycles. The molecule has 2 atom stereocenters. The van der Waals surface area contributed by atoms with Crippen LogP contribution in [-0.2, 0) is 20.8 Å². The maximum Gasteiger partial charge on any atom is 0.233 e. The zero-order valence-corrected chi connectivity index (χ0v) is 14.1. The maximum absolute atomic E-state index is 12.4. The Balaban J connectivity index is 1.54. The van der Waals surface area contributed by atoms with Crippen LogP contribution >= 0.6 is 0 Å². The average Bonchev–Trinajstić information content (AvgIpc) is 2.85. The van der Waals surface area contributed by atoms with E-state index in [1.54, 1.807) is 0 Å². The van der Waals surface area contributed by atoms with Crippen LogP contribution in [0.3, 0.4) is 0 Å². The molecule has 1 aromatic carbocycles. The summed E-state index contributed by atoms with van der Waals surface area (Å²) in [6, 6.07) is 7.70. The summed E-state index contributed by atoms with van der Waals surface area (Å²) >= 11 is 0. The van der Waals surface area contributed by atoms with Gasteiger partial charge in [0, 0.05) is 18.7 Å². The second-order valence-corrected chi connectivity index (χ2v) is 6.67. The van der Waals surface area contributed by atoms with Gasteiger partial charge in [-0.15, -0.1) is 0 Å². The van der Waals surface area contributed by atoms with Gasteiger partial charge in [-0.1, -0.05) is 31.9 Å². The molecule has 0 aromatic heterocycles. The minimum Gasteiger partial charge on any atom is -0.326 e. The quantitative estimate of drug-likeness (QED) is 0.845. The van der Waals surface area contributed by atoms with E-state index in [2.05, 4.69) is 12.2 Å². The van der Waals surface area contributed by atoms with Gasteiger partial charge in [-0.3, -0.25) is 19.3 Å². The SMILES string of the molecule is CCc1ccc(NC(=O)CCN2C(=O)[C@@H]3CCCC[C@H]3C2=O)cc1. The highest BCUT2D eigenvalue weighted by molar-refractivity contribution is 6.05. The van der Waals surface area contributed by atoms with Crippen LogP contribution in [0.25, 0.3) is 0 Å². The highest BCUT2D eigenvalue weighted by Crippen LogP contribution is 2.37. The van der Waals surface area contributed by atoms with Crippen molar-refractivity contribution in [3.05, 3.63) is 29.8 Å². The number of aryl methyl sites for hydroxylation is 1. The normalized spacial score (nSPS) is 23.3. The van der Waals surface area contributed by atoms with Gasteiger partial charge in [0.25, 0.3) is 0 Å². The number of fused-ring (bicyclic) bond motifs is 1. The van der Waals surface area contributed by atoms with E-state index in [-0.39, 0.29) is 42.5 Å². The molecule has 1 saturated heterocycles. The lowest BCUT2D eigenvalue weighted by Gasteiger charge is -2.19. The summed E-state index contributed by atoms with van der Waals surface area (Å²) in [7, 11) is 0. The first-order chi connectivity index (χ1) is 11.6. The summed E-state index contributed by atoms with van der Waals surface area (Å²) in [6.45, 7) is 2.26. The molecular weight excluding hydrogens is 304 g/mol. The standard InChI is InChI=1S/C19H24N2O3/c1-2-13-7-9-14(10-8-13)20-17(22)11-12-21-18(23)15-5-3-4-6-16(15)19(21)24/h7-10,15-16H,2-6,11-12H2,1H3,(H,20,22)/t15-,16-/m1/s1. The van der Waals surface area contributed by atoms with Crippen LogP contribution in [0, 0.1) is 11.8 Å². The van der Waals surface area contributed by atoms with Crippen LogP contribution < -0.4 is 5.32 Å². The number of rotatable bonds is 5. The minimum atomic E-state index is -0.172. The molecule has 3 amide bonds. The summed E-state index contributed by atoms with van der Waals surface area (Å²) in [5, 5.41) is 2.82. The summed E-state index contributed by atoms with van der Waals surface area (Å²) in [6.07, 6.45) is 4.75. The Kier molecular flexibility index (Phi) is 4.97. The van der Waals surface area contributed by atoms with Gasteiger partial charge in [0.2, 0.25) is 17.7 Å². The third-order valence-corrected chi connectivity index (χ3v) is 5.14. The molecule has 0 unspecified atom stereocenters. The second kappa shape index (κ2) is 7.16. The molecule has 1 aliphatic carbocycles. The van der Waals surface area contributed by atoms with E-state index in [9.17, 15) is 14.4 Å². The smallest absolute Gasteiger partial charge is 0.233 e. The molecule has 1 aliphatic heterocycles. The number of hydrogen-bond acceptors (Lipinski definition) is 3. The van der Waals surface area contributed by atoms with Gasteiger partial charge in [0.05, 0.1) is 11.8 Å². The Morgan fingerprint density at radius 1 is 1.08 bits per heavy atom. The fourth-order valence-electron chi connectivity index (χ4n) is 3.71. The summed E-state index contributed by atoms with van der Waals surface area (Å²) in [5.74, 6) is -0.615. The minimum absolute atomic E-state index is 0.0789. The first-order valence-corrected chi connectivity index (χ1v) is 8.84. The number of anilines is 1. The number of hydrogen-bond donors (Lipinski definition) is 1. The van der Waals surface area contributed by atoms with Crippen LogP contribution in [0.5, 0.6) is 0 Å². The zero-order chi connectivity index (χ0) is 17.1. The number of imide groups is 1. The molecule has 0 radical (unpaired) electrons. The van der Waals surface area contributed by atoms with E-state index in [1.807, 2.05) is 24.3 Å². The van der Waals surface area contributed by atoms with Crippen LogP contribution in [0.4, 0.5) is 5.69 Å². The summed E-state index contributed by atoms with van der Waals surface area (Å²) in [5.41, 5.74) is 1.95. The molecule has 5 heteroatoms. The highest BCUT2D eigenvalue weighted by atomic mass is 16.2. The number of carbonyl (C=O) groups is 3. The Hall–Kier alpha value is -2.17. The molecule has 24 heavy (non-hydrogen) atoms. The van der Waals surface area contributed by atoms with E-state index in [4.69, 9.17) is 0 Å². The maximum atomic E-state index is 12.4. The fraction of sp³-hybridized carbons (Fsp3) is 0.526. The van der Waals surface area contributed by atoms with Crippen molar-refractivity contribution in [1.29, 1.82) is 0 Å². The zero-order valence-electron chi connectivity index (χ0n) is 14.1. The van der Waals surface area contributed by atoms with E-state index in [0.29, 0.717) is 0 Å². The molecule has 128 valence electrons. The van der Waals surface area contributed by atoms with Crippen LogP contribution in [0.2, 0.25) is 0 Å². The van der Waals surface area contributed by atoms with Crippen molar-refractivity contribution in [3.63, 3.8) is 0 Å². The molecule has 3 rings (SSSR count). The van der Waals surface area contributed by atoms with Crippen molar-refractivity contribution < 1.29 is 14.4 Å². The van der Waals surface area contributed by atoms with Crippen molar-refractivity contribution in [1.82, 2.24) is 4.90 Å². The van der Waals surface area contributed by atoms with Crippen molar-refractivity contribution >= 4 is 23.4 Å². The van der Waals surface area contributed by atoms with Crippen molar-refractivity contribution in [2.45, 2.75) is 45.4 Å². The van der Waals surface area contributed by atoms with Crippen LogP contribution in [0.15, 0.2) is 24.3 Å². The highest BCUT2D eigenvalue weighted by Gasteiger charge is 2.47. The lowest BCUT2D eigenvalue weighted by atomic mass is 9.81. The molecule has 0 spiro atoms. The largest absolute Gasteiger partial charge is 0.326 e. The Morgan fingerprint density at radius 3 is 2.21 bits per heavy atom. The monoisotopic (exact) mass is 328 g/mol. The lowest BCUT2D eigenvalue weighted by molar-refractivity contribution is -0.140. The van der Waals surface area contributed by atoms with E-state index in [0.717, 1.165) is 37.8 Å². The predicted octanol–water partition coefficient (Wildman–Crippen LogP) is 2.75. The molecule has 2 aliphatic rings. The molecule has 1 aromatic rings. The van der Waals surface area contributed by atoms with E-state index >= 15 is 0 Å². The number of nitrogens with one attached hydrogen (secondary N) is 1. The van der Waals surface area contributed by atoms with E-state index < -0.39 is 0 Å². The van der Waals surface area contributed by atoms with Crippen molar-refractivity contribution in [2.75, 3.05) is 11.9 Å². The van der Waals surface area contributed by atoms with E-state index in [1.165, 1.54) is 10.5 Å². The predicted molar refractivity (Wildman–Crippen MR) is 91.2 cm³/mol. The van der Waals surface area contributed by atoms with Gasteiger partial charge in [0.1, 0.15) is 0 Å². The average molecular weight is 328 g/mol. The van der Waals surface area contributed by atoms with Gasteiger partial charge in [0.15, 0.2) is 0 Å². The van der Waals surface area contributed by atoms with Gasteiger partial charge in [-0.25, -0.2) is 0 Å². The summed E-state index contributed by atoms with van der Waals surface area (Å²) < 4.78 is 0.